The van der Waals surface area contributed by atoms with Crippen molar-refractivity contribution in [2.45, 2.75) is 37.5 Å². The minimum absolute atomic E-state index is 0.138. The number of benzene rings is 7. The van der Waals surface area contributed by atoms with E-state index < -0.39 is 0 Å². The molecule has 50 heavy (non-hydrogen) atoms. The molecule has 0 atom stereocenters. The Morgan fingerprint density at radius 1 is 0.440 bits per heavy atom. The molecule has 240 valence electrons. The van der Waals surface area contributed by atoms with Gasteiger partial charge in [0.1, 0.15) is 0 Å². The molecule has 7 aromatic carbocycles. The molecule has 13 rings (SSSR count). The molecule has 5 aliphatic rings. The summed E-state index contributed by atoms with van der Waals surface area (Å²) in [4.78, 5) is 2.55. The zero-order chi connectivity index (χ0) is 32.6. The molecule has 0 aliphatic heterocycles. The van der Waals surface area contributed by atoms with E-state index in [2.05, 4.69) is 144 Å². The molecular weight excluding hydrogens is 623 g/mol. The minimum atomic E-state index is 0.138. The Balaban J connectivity index is 1.09. The highest BCUT2D eigenvalue weighted by Gasteiger charge is 2.61. The highest BCUT2D eigenvalue weighted by Crippen LogP contribution is 2.69. The highest BCUT2D eigenvalue weighted by atomic mass is 32.1. The molecule has 4 bridgehead atoms. The third-order valence-electron chi connectivity index (χ3n) is 13.4. The van der Waals surface area contributed by atoms with E-state index in [1.165, 1.54) is 102 Å². The van der Waals surface area contributed by atoms with Gasteiger partial charge in [-0.1, -0.05) is 97.1 Å². The summed E-state index contributed by atoms with van der Waals surface area (Å²) < 4.78 is 2.69. The van der Waals surface area contributed by atoms with Crippen LogP contribution >= 0.6 is 11.3 Å². The Kier molecular flexibility index (Phi) is 5.62. The maximum absolute atomic E-state index is 2.64. The molecule has 1 nitrogen and oxygen atoms in total. The molecule has 1 heterocycles. The lowest BCUT2D eigenvalue weighted by molar-refractivity contribution is -0.0399. The summed E-state index contributed by atoms with van der Waals surface area (Å²) in [6.45, 7) is 0. The molecule has 4 fully saturated rings. The summed E-state index contributed by atoms with van der Waals surface area (Å²) in [7, 11) is 0. The van der Waals surface area contributed by atoms with Crippen LogP contribution in [0.2, 0.25) is 0 Å². The van der Waals surface area contributed by atoms with E-state index in [-0.39, 0.29) is 5.41 Å². The van der Waals surface area contributed by atoms with Gasteiger partial charge in [-0.15, -0.1) is 11.3 Å². The van der Waals surface area contributed by atoms with E-state index >= 15 is 0 Å². The summed E-state index contributed by atoms with van der Waals surface area (Å²) >= 11 is 1.91. The molecule has 0 amide bonds. The van der Waals surface area contributed by atoms with Gasteiger partial charge in [-0.05, 0) is 142 Å². The van der Waals surface area contributed by atoms with Gasteiger partial charge in [0.2, 0.25) is 0 Å². The van der Waals surface area contributed by atoms with Crippen molar-refractivity contribution >= 4 is 70.1 Å². The van der Waals surface area contributed by atoms with Crippen molar-refractivity contribution < 1.29 is 0 Å². The van der Waals surface area contributed by atoms with Crippen LogP contribution in [0.5, 0.6) is 0 Å². The SMILES string of the molecule is c1ccc2c(c1)-c1ccc(N(c3ccc4c(ccc5ccccc54)c3)c3ccc4c(c3)sc3ccccc34)cc1C21C2CC3CC(C2)CC1C3. The van der Waals surface area contributed by atoms with Crippen molar-refractivity contribution in [1.82, 2.24) is 0 Å². The van der Waals surface area contributed by atoms with E-state index in [1.54, 1.807) is 11.1 Å². The fourth-order valence-corrected chi connectivity index (χ4v) is 12.9. The Morgan fingerprint density at radius 3 is 1.90 bits per heavy atom. The Labute approximate surface area is 296 Å². The number of anilines is 3. The molecule has 2 heteroatoms. The minimum Gasteiger partial charge on any atom is -0.310 e. The molecule has 0 N–H and O–H groups in total. The van der Waals surface area contributed by atoms with Crippen LogP contribution < -0.4 is 4.90 Å². The highest BCUT2D eigenvalue weighted by molar-refractivity contribution is 7.25. The zero-order valence-corrected chi connectivity index (χ0v) is 28.8. The molecule has 4 saturated carbocycles. The van der Waals surface area contributed by atoms with Crippen LogP contribution in [0.1, 0.15) is 43.2 Å². The van der Waals surface area contributed by atoms with Crippen LogP contribution in [0.15, 0.2) is 140 Å². The van der Waals surface area contributed by atoms with Crippen LogP contribution in [-0.2, 0) is 5.41 Å². The van der Waals surface area contributed by atoms with Crippen LogP contribution in [0.4, 0.5) is 17.1 Å². The third kappa shape index (κ3) is 3.67. The summed E-state index contributed by atoms with van der Waals surface area (Å²) in [5.74, 6) is 3.35. The molecule has 8 aromatic rings. The first-order valence-corrected chi connectivity index (χ1v) is 19.4. The first-order chi connectivity index (χ1) is 24.7. The van der Waals surface area contributed by atoms with E-state index in [9.17, 15) is 0 Å². The van der Waals surface area contributed by atoms with Gasteiger partial charge in [0.25, 0.3) is 0 Å². The van der Waals surface area contributed by atoms with Crippen molar-refractivity contribution in [2.75, 3.05) is 4.90 Å². The number of rotatable bonds is 3. The van der Waals surface area contributed by atoms with Crippen molar-refractivity contribution in [3.8, 4) is 11.1 Å². The van der Waals surface area contributed by atoms with Gasteiger partial charge < -0.3 is 4.90 Å². The lowest BCUT2D eigenvalue weighted by atomic mass is 9.43. The second-order valence-electron chi connectivity index (χ2n) is 15.8. The zero-order valence-electron chi connectivity index (χ0n) is 28.0. The summed E-state index contributed by atoms with van der Waals surface area (Å²) in [6.07, 6.45) is 7.07. The van der Waals surface area contributed by atoms with E-state index in [0.717, 1.165) is 23.7 Å². The number of thiophene rings is 1. The summed E-state index contributed by atoms with van der Waals surface area (Å²) in [5, 5.41) is 7.88. The third-order valence-corrected chi connectivity index (χ3v) is 14.5. The largest absolute Gasteiger partial charge is 0.310 e. The van der Waals surface area contributed by atoms with Gasteiger partial charge in [0, 0.05) is 42.6 Å². The lowest BCUT2D eigenvalue weighted by Gasteiger charge is -2.61. The number of fused-ring (bicyclic) bond motifs is 9. The van der Waals surface area contributed by atoms with Crippen LogP contribution in [-0.4, -0.2) is 0 Å². The standard InChI is InChI=1S/C48H37NS/c1-2-8-38-31(7-1)13-14-32-26-35(15-18-39(32)38)49(37-17-20-43-42-10-4-6-12-46(42)50-47(43)28-37)36-16-19-41-40-9-3-5-11-44(40)48(45(41)27-36)33-22-29-21-30(24-33)25-34(48)23-29/h1-20,26-30,33-34H,21-25H2. The lowest BCUT2D eigenvalue weighted by Crippen LogP contribution is -2.55. The molecule has 1 spiro atoms. The quantitative estimate of drug-likeness (QED) is 0.171. The van der Waals surface area contributed by atoms with Crippen molar-refractivity contribution in [3.05, 3.63) is 151 Å². The molecular formula is C48H37NS. The number of nitrogens with zero attached hydrogens (tertiary/aromatic N) is 1. The van der Waals surface area contributed by atoms with Gasteiger partial charge in [-0.25, -0.2) is 0 Å². The van der Waals surface area contributed by atoms with Crippen LogP contribution in [0, 0.1) is 23.7 Å². The van der Waals surface area contributed by atoms with Crippen molar-refractivity contribution in [2.24, 2.45) is 23.7 Å². The number of hydrogen-bond donors (Lipinski definition) is 0. The first kappa shape index (κ1) is 27.9. The summed E-state index contributed by atoms with van der Waals surface area (Å²) in [5.41, 5.74) is 10.0. The van der Waals surface area contributed by atoms with Crippen molar-refractivity contribution in [1.29, 1.82) is 0 Å². The Morgan fingerprint density at radius 2 is 1.04 bits per heavy atom. The molecule has 5 aliphatic carbocycles. The number of hydrogen-bond acceptors (Lipinski definition) is 2. The normalized spacial score (nSPS) is 24.5. The summed E-state index contributed by atoms with van der Waals surface area (Å²) in [6, 6.07) is 53.4. The second-order valence-corrected chi connectivity index (χ2v) is 16.8. The average Bonchev–Trinajstić information content (AvgIpc) is 3.67. The Hall–Kier alpha value is -4.92. The maximum Gasteiger partial charge on any atom is 0.0476 e. The Bertz CT molecular complexity index is 2670. The molecule has 0 radical (unpaired) electrons. The first-order valence-electron chi connectivity index (χ1n) is 18.6. The average molecular weight is 660 g/mol. The fourth-order valence-electron chi connectivity index (χ4n) is 11.7. The van der Waals surface area contributed by atoms with E-state index in [4.69, 9.17) is 0 Å². The van der Waals surface area contributed by atoms with E-state index in [1.807, 2.05) is 11.3 Å². The fraction of sp³-hybridized carbons (Fsp3) is 0.208. The smallest absolute Gasteiger partial charge is 0.0476 e. The van der Waals surface area contributed by atoms with Gasteiger partial charge >= 0.3 is 0 Å². The molecule has 0 unspecified atom stereocenters. The molecule has 1 aromatic heterocycles. The van der Waals surface area contributed by atoms with E-state index in [0.29, 0.717) is 0 Å². The predicted octanol–water partition coefficient (Wildman–Crippen LogP) is 13.6. The van der Waals surface area contributed by atoms with Gasteiger partial charge in [0.05, 0.1) is 0 Å². The topological polar surface area (TPSA) is 3.24 Å². The monoisotopic (exact) mass is 659 g/mol. The van der Waals surface area contributed by atoms with Gasteiger partial charge in [0.15, 0.2) is 0 Å². The van der Waals surface area contributed by atoms with Gasteiger partial charge in [-0.2, -0.15) is 0 Å². The van der Waals surface area contributed by atoms with Crippen LogP contribution in [0.25, 0.3) is 52.8 Å². The molecule has 0 saturated heterocycles. The van der Waals surface area contributed by atoms with Gasteiger partial charge in [-0.3, -0.25) is 0 Å². The maximum atomic E-state index is 2.64. The van der Waals surface area contributed by atoms with Crippen molar-refractivity contribution in [3.63, 3.8) is 0 Å². The second kappa shape index (κ2) is 10.1. The predicted molar refractivity (Wildman–Crippen MR) is 212 cm³/mol. The van der Waals surface area contributed by atoms with Crippen LogP contribution in [0.3, 0.4) is 0 Å².